The Labute approximate surface area is 166 Å². The number of primary amides is 1. The summed E-state index contributed by atoms with van der Waals surface area (Å²) in [4.78, 5) is 37.3. The monoisotopic (exact) mass is 396 g/mol. The Balaban J connectivity index is 1.94. The van der Waals surface area contributed by atoms with E-state index in [1.165, 1.54) is 16.9 Å². The van der Waals surface area contributed by atoms with Gasteiger partial charge in [-0.3, -0.25) is 19.1 Å². The number of carbonyl (C=O) groups is 3. The highest BCUT2D eigenvalue weighted by Gasteiger charge is 2.21. The highest BCUT2D eigenvalue weighted by molar-refractivity contribution is 6.30. The van der Waals surface area contributed by atoms with Gasteiger partial charge in [-0.15, -0.1) is 0 Å². The number of aromatic nitrogens is 2. The van der Waals surface area contributed by atoms with E-state index in [-0.39, 0.29) is 28.3 Å². The van der Waals surface area contributed by atoms with Crippen molar-refractivity contribution >= 4 is 34.9 Å². The third kappa shape index (κ3) is 3.94. The standard InChI is InChI=1S/C20H17ClN4O3/c1-2-25-11-16(17(24-25)19(22)27)23-20(28)15-6-4-3-5-14(15)18(26)12-7-9-13(21)10-8-12/h3-11H,2H2,1H3,(H2,22,27)(H,23,28). The van der Waals surface area contributed by atoms with Crippen molar-refractivity contribution in [3.05, 3.63) is 82.1 Å². The zero-order valence-corrected chi connectivity index (χ0v) is 15.7. The highest BCUT2D eigenvalue weighted by atomic mass is 35.5. The summed E-state index contributed by atoms with van der Waals surface area (Å²) in [7, 11) is 0. The summed E-state index contributed by atoms with van der Waals surface area (Å²) in [5.74, 6) is -1.62. The molecule has 3 N–H and O–H groups in total. The van der Waals surface area contributed by atoms with Gasteiger partial charge in [-0.05, 0) is 37.3 Å². The van der Waals surface area contributed by atoms with Gasteiger partial charge in [0, 0.05) is 28.9 Å². The number of hydrogen-bond acceptors (Lipinski definition) is 4. The van der Waals surface area contributed by atoms with E-state index in [1.54, 1.807) is 42.5 Å². The van der Waals surface area contributed by atoms with Crippen molar-refractivity contribution in [1.29, 1.82) is 0 Å². The third-order valence-corrected chi connectivity index (χ3v) is 4.34. The van der Waals surface area contributed by atoms with Crippen LogP contribution < -0.4 is 11.1 Å². The van der Waals surface area contributed by atoms with E-state index < -0.39 is 11.8 Å². The van der Waals surface area contributed by atoms with Crippen molar-refractivity contribution in [1.82, 2.24) is 9.78 Å². The van der Waals surface area contributed by atoms with Gasteiger partial charge in [0.05, 0.1) is 11.3 Å². The number of halogens is 1. The first-order valence-electron chi connectivity index (χ1n) is 8.48. The van der Waals surface area contributed by atoms with Crippen LogP contribution in [0.4, 0.5) is 5.69 Å². The van der Waals surface area contributed by atoms with E-state index in [4.69, 9.17) is 17.3 Å². The van der Waals surface area contributed by atoms with Crippen molar-refractivity contribution in [3.63, 3.8) is 0 Å². The van der Waals surface area contributed by atoms with Gasteiger partial charge >= 0.3 is 0 Å². The summed E-state index contributed by atoms with van der Waals surface area (Å²) >= 11 is 5.87. The first-order chi connectivity index (χ1) is 13.4. The van der Waals surface area contributed by atoms with Crippen molar-refractivity contribution in [2.75, 3.05) is 5.32 Å². The second-order valence-corrected chi connectivity index (χ2v) is 6.38. The molecule has 0 aliphatic carbocycles. The molecule has 3 aromatic rings. The average molecular weight is 397 g/mol. The number of benzene rings is 2. The summed E-state index contributed by atoms with van der Waals surface area (Å²) in [6.07, 6.45) is 1.52. The second-order valence-electron chi connectivity index (χ2n) is 5.95. The zero-order chi connectivity index (χ0) is 20.3. The number of rotatable bonds is 6. The largest absolute Gasteiger partial charge is 0.364 e. The number of hydrogen-bond donors (Lipinski definition) is 2. The predicted molar refractivity (Wildman–Crippen MR) is 106 cm³/mol. The number of nitrogens with zero attached hydrogens (tertiary/aromatic N) is 2. The summed E-state index contributed by atoms with van der Waals surface area (Å²) in [6.45, 7) is 2.34. The van der Waals surface area contributed by atoms with Crippen LogP contribution in [0.25, 0.3) is 0 Å². The minimum absolute atomic E-state index is 0.0447. The van der Waals surface area contributed by atoms with Crippen molar-refractivity contribution in [3.8, 4) is 0 Å². The fourth-order valence-electron chi connectivity index (χ4n) is 2.68. The smallest absolute Gasteiger partial charge is 0.271 e. The molecule has 1 aromatic heterocycles. The third-order valence-electron chi connectivity index (χ3n) is 4.09. The summed E-state index contributed by atoms with van der Waals surface area (Å²) in [5, 5.41) is 7.17. The first kappa shape index (κ1) is 19.3. The molecule has 2 aromatic carbocycles. The normalized spacial score (nSPS) is 10.5. The maximum absolute atomic E-state index is 12.8. The maximum Gasteiger partial charge on any atom is 0.271 e. The van der Waals surface area contributed by atoms with Crippen LogP contribution in [0, 0.1) is 0 Å². The topological polar surface area (TPSA) is 107 Å². The fraction of sp³-hybridized carbons (Fsp3) is 0.100. The lowest BCUT2D eigenvalue weighted by molar-refractivity contribution is 0.0991. The molecular weight excluding hydrogens is 380 g/mol. The van der Waals surface area contributed by atoms with Crippen LogP contribution in [0.2, 0.25) is 5.02 Å². The number of amides is 2. The Morgan fingerprint density at radius 1 is 1.07 bits per heavy atom. The summed E-state index contributed by atoms with van der Waals surface area (Å²) in [6, 6.07) is 12.8. The number of carbonyl (C=O) groups excluding carboxylic acids is 3. The Morgan fingerprint density at radius 2 is 1.71 bits per heavy atom. The van der Waals surface area contributed by atoms with Gasteiger partial charge in [0.15, 0.2) is 11.5 Å². The molecule has 0 radical (unpaired) electrons. The van der Waals surface area contributed by atoms with E-state index >= 15 is 0 Å². The van der Waals surface area contributed by atoms with Gasteiger partial charge in [-0.2, -0.15) is 5.10 Å². The lowest BCUT2D eigenvalue weighted by Gasteiger charge is -2.09. The molecule has 2 amide bonds. The Hall–Kier alpha value is -3.45. The van der Waals surface area contributed by atoms with Gasteiger partial charge in [-0.1, -0.05) is 29.8 Å². The van der Waals surface area contributed by atoms with Crippen LogP contribution in [-0.4, -0.2) is 27.4 Å². The number of nitrogens with one attached hydrogen (secondary N) is 1. The molecule has 3 rings (SSSR count). The summed E-state index contributed by atoms with van der Waals surface area (Å²) < 4.78 is 1.49. The molecule has 1 heterocycles. The molecule has 142 valence electrons. The Kier molecular flexibility index (Phi) is 5.56. The van der Waals surface area contributed by atoms with Crippen LogP contribution in [0.5, 0.6) is 0 Å². The second kappa shape index (κ2) is 8.06. The average Bonchev–Trinajstić information content (AvgIpc) is 3.11. The molecule has 8 heteroatoms. The van der Waals surface area contributed by atoms with Crippen molar-refractivity contribution in [2.24, 2.45) is 5.73 Å². The van der Waals surface area contributed by atoms with Crippen LogP contribution in [0.15, 0.2) is 54.7 Å². The van der Waals surface area contributed by atoms with Crippen LogP contribution in [0.1, 0.15) is 43.7 Å². The molecule has 0 unspecified atom stereocenters. The van der Waals surface area contributed by atoms with Gasteiger partial charge in [0.1, 0.15) is 0 Å². The molecule has 0 aliphatic rings. The van der Waals surface area contributed by atoms with E-state index in [0.29, 0.717) is 17.1 Å². The molecule has 0 spiro atoms. The molecule has 0 saturated carbocycles. The molecule has 7 nitrogen and oxygen atoms in total. The highest BCUT2D eigenvalue weighted by Crippen LogP contribution is 2.20. The van der Waals surface area contributed by atoms with Crippen LogP contribution in [-0.2, 0) is 6.54 Å². The zero-order valence-electron chi connectivity index (χ0n) is 15.0. The van der Waals surface area contributed by atoms with Crippen molar-refractivity contribution < 1.29 is 14.4 Å². The molecule has 28 heavy (non-hydrogen) atoms. The molecular formula is C20H17ClN4O3. The molecule has 0 bridgehead atoms. The first-order valence-corrected chi connectivity index (χ1v) is 8.86. The molecule has 0 atom stereocenters. The minimum atomic E-state index is -0.756. The maximum atomic E-state index is 12.8. The van der Waals surface area contributed by atoms with Crippen molar-refractivity contribution in [2.45, 2.75) is 13.5 Å². The van der Waals surface area contributed by atoms with Gasteiger partial charge in [0.2, 0.25) is 0 Å². The Bertz CT molecular complexity index is 1060. The van der Waals surface area contributed by atoms with E-state index in [1.807, 2.05) is 6.92 Å². The van der Waals surface area contributed by atoms with Crippen LogP contribution in [0.3, 0.4) is 0 Å². The summed E-state index contributed by atoms with van der Waals surface area (Å²) in [5.41, 5.74) is 6.28. The number of ketones is 1. The predicted octanol–water partition coefficient (Wildman–Crippen LogP) is 3.14. The quantitative estimate of drug-likeness (QED) is 0.624. The lowest BCUT2D eigenvalue weighted by atomic mass is 9.98. The van der Waals surface area contributed by atoms with E-state index in [2.05, 4.69) is 10.4 Å². The number of nitrogens with two attached hydrogens (primary N) is 1. The number of anilines is 1. The molecule has 0 fully saturated rings. The van der Waals surface area contributed by atoms with Gasteiger partial charge in [-0.25, -0.2) is 0 Å². The lowest BCUT2D eigenvalue weighted by Crippen LogP contribution is -2.20. The SMILES string of the molecule is CCn1cc(NC(=O)c2ccccc2C(=O)c2ccc(Cl)cc2)c(C(N)=O)n1. The minimum Gasteiger partial charge on any atom is -0.364 e. The van der Waals surface area contributed by atoms with E-state index in [0.717, 1.165) is 0 Å². The Morgan fingerprint density at radius 3 is 2.32 bits per heavy atom. The van der Waals surface area contributed by atoms with Crippen LogP contribution >= 0.6 is 11.6 Å². The molecule has 0 aliphatic heterocycles. The fourth-order valence-corrected chi connectivity index (χ4v) is 2.81. The van der Waals surface area contributed by atoms with Gasteiger partial charge < -0.3 is 11.1 Å². The van der Waals surface area contributed by atoms with Gasteiger partial charge in [0.25, 0.3) is 11.8 Å². The number of aryl methyl sites for hydroxylation is 1. The molecule has 0 saturated heterocycles. The van der Waals surface area contributed by atoms with E-state index in [9.17, 15) is 14.4 Å².